The van der Waals surface area contributed by atoms with E-state index in [0.717, 1.165) is 0 Å². The lowest BCUT2D eigenvalue weighted by atomic mass is 10.0. The molecule has 1 aliphatic rings. The van der Waals surface area contributed by atoms with E-state index in [4.69, 9.17) is 11.6 Å². The van der Waals surface area contributed by atoms with Crippen LogP contribution < -0.4 is 4.72 Å². The molecule has 2 rings (SSSR count). The van der Waals surface area contributed by atoms with Gasteiger partial charge in [-0.2, -0.15) is 0 Å². The molecule has 0 aliphatic carbocycles. The molecule has 12 heteroatoms. The van der Waals surface area contributed by atoms with Gasteiger partial charge in [0.05, 0.1) is 10.8 Å². The van der Waals surface area contributed by atoms with Crippen LogP contribution >= 0.6 is 40.3 Å². The van der Waals surface area contributed by atoms with Gasteiger partial charge < -0.3 is 14.9 Å². The standard InChI is InChI=1S/C18H27ClN4O4S2.BrH/c1-5-9-23(10-6-2)16(24)21-29(26,27)15-11-13(7-8-14(15)19)18(25)12-28-17(20-3)22(18)4;/h7-8,11,25H,5-6,9-10,12H2,1-4H3,(H,21,24);1H. The van der Waals surface area contributed by atoms with Gasteiger partial charge in [-0.05, 0) is 25.0 Å². The minimum absolute atomic E-state index is 0. The number of carbonyl (C=O) groups is 1. The molecule has 1 fully saturated rings. The van der Waals surface area contributed by atoms with Crippen LogP contribution in [0.2, 0.25) is 5.02 Å². The van der Waals surface area contributed by atoms with Crippen molar-refractivity contribution in [3.8, 4) is 0 Å². The highest BCUT2D eigenvalue weighted by Crippen LogP contribution is 2.39. The van der Waals surface area contributed by atoms with Crippen LogP contribution in [0, 0.1) is 0 Å². The summed E-state index contributed by atoms with van der Waals surface area (Å²) in [6, 6.07) is 3.59. The Hall–Kier alpha value is -1.01. The molecule has 1 atom stereocenters. The van der Waals surface area contributed by atoms with E-state index >= 15 is 0 Å². The van der Waals surface area contributed by atoms with Crippen LogP contribution in [0.25, 0.3) is 0 Å². The molecule has 1 heterocycles. The van der Waals surface area contributed by atoms with Gasteiger partial charge in [0.1, 0.15) is 4.90 Å². The van der Waals surface area contributed by atoms with Gasteiger partial charge in [-0.3, -0.25) is 4.99 Å². The second-order valence-electron chi connectivity index (χ2n) is 6.71. The van der Waals surface area contributed by atoms with Gasteiger partial charge in [-0.15, -0.1) is 17.0 Å². The number of halogens is 2. The molecule has 1 saturated heterocycles. The van der Waals surface area contributed by atoms with E-state index in [9.17, 15) is 18.3 Å². The fraction of sp³-hybridized carbons (Fsp3) is 0.556. The smallest absolute Gasteiger partial charge is 0.331 e. The molecule has 1 aromatic rings. The Balaban J connectivity index is 0.00000450. The van der Waals surface area contributed by atoms with E-state index in [1.54, 1.807) is 25.1 Å². The number of amides is 2. The van der Waals surface area contributed by atoms with Crippen LogP contribution in [-0.2, 0) is 15.7 Å². The number of hydrogen-bond donors (Lipinski definition) is 2. The zero-order valence-corrected chi connectivity index (χ0v) is 21.5. The van der Waals surface area contributed by atoms with E-state index < -0.39 is 21.8 Å². The van der Waals surface area contributed by atoms with Crippen molar-refractivity contribution in [3.05, 3.63) is 28.8 Å². The van der Waals surface area contributed by atoms with Crippen LogP contribution in [0.15, 0.2) is 28.1 Å². The third-order valence-corrected chi connectivity index (χ3v) is 7.68. The molecule has 30 heavy (non-hydrogen) atoms. The van der Waals surface area contributed by atoms with E-state index in [1.807, 2.05) is 13.8 Å². The maximum absolute atomic E-state index is 12.9. The average molecular weight is 544 g/mol. The third kappa shape index (κ3) is 5.61. The molecule has 0 bridgehead atoms. The zero-order valence-electron chi connectivity index (χ0n) is 17.4. The molecule has 8 nitrogen and oxygen atoms in total. The summed E-state index contributed by atoms with van der Waals surface area (Å²) in [6.07, 6.45) is 1.42. The topological polar surface area (TPSA) is 102 Å². The summed E-state index contributed by atoms with van der Waals surface area (Å²) in [4.78, 5) is 19.4. The van der Waals surface area contributed by atoms with E-state index in [1.165, 1.54) is 28.8 Å². The maximum Gasteiger partial charge on any atom is 0.331 e. The molecule has 170 valence electrons. The number of aliphatic imine (C=N–C) groups is 1. The second kappa shape index (κ2) is 11.0. The first kappa shape index (κ1) is 27.0. The lowest BCUT2D eigenvalue weighted by Crippen LogP contribution is -2.44. The van der Waals surface area contributed by atoms with Crippen molar-refractivity contribution in [3.63, 3.8) is 0 Å². The predicted octanol–water partition coefficient (Wildman–Crippen LogP) is 3.25. The Kier molecular flexibility index (Phi) is 9.94. The summed E-state index contributed by atoms with van der Waals surface area (Å²) >= 11 is 7.50. The largest absolute Gasteiger partial charge is 0.366 e. The van der Waals surface area contributed by atoms with Gasteiger partial charge in [-0.1, -0.05) is 43.3 Å². The summed E-state index contributed by atoms with van der Waals surface area (Å²) in [5, 5.41) is 11.7. The summed E-state index contributed by atoms with van der Waals surface area (Å²) in [5.74, 6) is 0.282. The monoisotopic (exact) mass is 542 g/mol. The first-order valence-corrected chi connectivity index (χ1v) is 12.1. The number of hydrogen-bond acceptors (Lipinski definition) is 6. The van der Waals surface area contributed by atoms with Gasteiger partial charge in [0.2, 0.25) is 0 Å². The van der Waals surface area contributed by atoms with Crippen molar-refractivity contribution < 1.29 is 18.3 Å². The highest BCUT2D eigenvalue weighted by molar-refractivity contribution is 8.93. The Bertz CT molecular complexity index is 894. The molecule has 2 amide bonds. The minimum atomic E-state index is -4.23. The van der Waals surface area contributed by atoms with Crippen molar-refractivity contribution in [2.24, 2.45) is 4.99 Å². The van der Waals surface area contributed by atoms with Crippen LogP contribution in [-0.4, -0.2) is 67.5 Å². The van der Waals surface area contributed by atoms with Gasteiger partial charge in [0.15, 0.2) is 10.9 Å². The summed E-state index contributed by atoms with van der Waals surface area (Å²) < 4.78 is 27.9. The quantitative estimate of drug-likeness (QED) is 0.547. The van der Waals surface area contributed by atoms with Crippen molar-refractivity contribution >= 4 is 61.6 Å². The normalized spacial score (nSPS) is 20.2. The highest BCUT2D eigenvalue weighted by atomic mass is 79.9. The third-order valence-electron chi connectivity index (χ3n) is 4.61. The fourth-order valence-corrected chi connectivity index (χ4v) is 5.72. The zero-order chi connectivity index (χ0) is 21.8. The number of aliphatic hydroxyl groups is 1. The van der Waals surface area contributed by atoms with Gasteiger partial charge in [-0.25, -0.2) is 17.9 Å². The maximum atomic E-state index is 12.9. The molecule has 1 unspecified atom stereocenters. The van der Waals surface area contributed by atoms with Crippen molar-refractivity contribution in [2.45, 2.75) is 37.3 Å². The minimum Gasteiger partial charge on any atom is -0.366 e. The Morgan fingerprint density at radius 1 is 1.37 bits per heavy atom. The Morgan fingerprint density at radius 3 is 2.47 bits per heavy atom. The van der Waals surface area contributed by atoms with E-state index in [2.05, 4.69) is 9.71 Å². The Labute approximate surface area is 197 Å². The molecule has 0 aromatic heterocycles. The highest BCUT2D eigenvalue weighted by Gasteiger charge is 2.43. The lowest BCUT2D eigenvalue weighted by molar-refractivity contribution is -0.0349. The first-order chi connectivity index (χ1) is 13.6. The van der Waals surface area contributed by atoms with Gasteiger partial charge in [0.25, 0.3) is 10.0 Å². The number of urea groups is 1. The molecular formula is C18H28BrClN4O4S2. The van der Waals surface area contributed by atoms with E-state index in [0.29, 0.717) is 36.7 Å². The number of rotatable bonds is 7. The SMILES string of the molecule is Br.CCCN(CCC)C(=O)NS(=O)(=O)c1cc(C2(O)CSC(=NC)N2C)ccc1Cl. The summed E-state index contributed by atoms with van der Waals surface area (Å²) in [5.41, 5.74) is -1.09. The summed E-state index contributed by atoms with van der Waals surface area (Å²) in [7, 11) is -0.925. The van der Waals surface area contributed by atoms with Crippen LogP contribution in [0.3, 0.4) is 0 Å². The average Bonchev–Trinajstić information content (AvgIpc) is 2.96. The van der Waals surface area contributed by atoms with Crippen LogP contribution in [0.4, 0.5) is 4.79 Å². The molecule has 1 aliphatic heterocycles. The Morgan fingerprint density at radius 2 is 1.97 bits per heavy atom. The van der Waals surface area contributed by atoms with Gasteiger partial charge in [0, 0.05) is 32.7 Å². The van der Waals surface area contributed by atoms with Gasteiger partial charge >= 0.3 is 6.03 Å². The second-order valence-corrected chi connectivity index (χ2v) is 9.71. The number of benzene rings is 1. The molecule has 0 spiro atoms. The fourth-order valence-electron chi connectivity index (χ4n) is 3.06. The number of amidine groups is 1. The number of thioether (sulfide) groups is 1. The number of nitrogens with zero attached hydrogens (tertiary/aromatic N) is 3. The lowest BCUT2D eigenvalue weighted by Gasteiger charge is -2.31. The van der Waals surface area contributed by atoms with Crippen molar-refractivity contribution in [2.75, 3.05) is 32.9 Å². The molecule has 0 saturated carbocycles. The number of carbonyl (C=O) groups excluding carboxylic acids is 1. The summed E-state index contributed by atoms with van der Waals surface area (Å²) in [6.45, 7) is 4.72. The van der Waals surface area contributed by atoms with Crippen LogP contribution in [0.1, 0.15) is 32.3 Å². The number of nitrogens with one attached hydrogen (secondary N) is 1. The van der Waals surface area contributed by atoms with Crippen molar-refractivity contribution in [1.82, 2.24) is 14.5 Å². The first-order valence-electron chi connectivity index (χ1n) is 9.28. The van der Waals surface area contributed by atoms with Crippen molar-refractivity contribution in [1.29, 1.82) is 0 Å². The predicted molar refractivity (Wildman–Crippen MR) is 127 cm³/mol. The van der Waals surface area contributed by atoms with Crippen LogP contribution in [0.5, 0.6) is 0 Å². The number of sulfonamides is 1. The molecule has 0 radical (unpaired) electrons. The van der Waals surface area contributed by atoms with E-state index in [-0.39, 0.29) is 32.7 Å². The molecule has 2 N–H and O–H groups in total. The molecule has 1 aromatic carbocycles. The molecular weight excluding hydrogens is 516 g/mol.